The first kappa shape index (κ1) is 57.4. The van der Waals surface area contributed by atoms with Gasteiger partial charge in [-0.2, -0.15) is 0 Å². The molecule has 16 heteroatoms. The number of hydrogen-bond acceptors (Lipinski definition) is 13. The van der Waals surface area contributed by atoms with Crippen LogP contribution in [0.4, 0.5) is 0 Å². The van der Waals surface area contributed by atoms with Gasteiger partial charge < -0.3 is 66.4 Å². The highest BCUT2D eigenvalue weighted by atomic mass is 16.4. The van der Waals surface area contributed by atoms with Crippen LogP contribution in [-0.2, 0) is 14.4 Å². The number of carbonyl (C=O) groups is 3. The second-order valence-corrected chi connectivity index (χ2v) is 11.7. The van der Waals surface area contributed by atoms with Gasteiger partial charge >= 0.3 is 17.9 Å². The highest BCUT2D eigenvalue weighted by Gasteiger charge is 2.23. The monoisotopic (exact) mass is 736 g/mol. The van der Waals surface area contributed by atoms with Gasteiger partial charge in [-0.15, -0.1) is 0 Å². The number of carboxylic acids is 3. The van der Waals surface area contributed by atoms with Gasteiger partial charge in [-0.05, 0) is 19.3 Å². The molecule has 13 N–H and O–H groups in total. The Kier molecular flexibility index (Phi) is 51.7. The van der Waals surface area contributed by atoms with Crippen molar-refractivity contribution in [2.75, 3.05) is 26.4 Å². The molecule has 0 aromatic carbocycles. The van der Waals surface area contributed by atoms with E-state index in [1.807, 2.05) is 0 Å². The minimum Gasteiger partial charge on any atom is -0.481 e. The molecule has 304 valence electrons. The minimum atomic E-state index is -1.49. The Hall–Kier alpha value is -1.99. The minimum absolute atomic E-state index is 0.337. The molecule has 0 spiro atoms. The molecule has 50 heavy (non-hydrogen) atoms. The predicted octanol–water partition coefficient (Wildman–Crippen LogP) is 1.40. The number of rotatable bonds is 26. The first-order valence-corrected chi connectivity index (χ1v) is 17.7. The summed E-state index contributed by atoms with van der Waals surface area (Å²) in [4.78, 5) is 30.1. The zero-order valence-electron chi connectivity index (χ0n) is 30.6. The van der Waals surface area contributed by atoms with Crippen molar-refractivity contribution in [2.45, 2.75) is 173 Å². The van der Waals surface area contributed by atoms with E-state index in [1.165, 1.54) is 57.8 Å². The molecule has 0 aliphatic carbocycles. The summed E-state index contributed by atoms with van der Waals surface area (Å²) in [6.45, 7) is 3.89. The van der Waals surface area contributed by atoms with Crippen LogP contribution >= 0.6 is 0 Å². The molecule has 0 saturated carbocycles. The average molecular weight is 737 g/mol. The molecule has 0 fully saturated rings. The van der Waals surface area contributed by atoms with E-state index in [0.29, 0.717) is 19.3 Å². The van der Waals surface area contributed by atoms with E-state index in [-0.39, 0.29) is 0 Å². The summed E-state index contributed by atoms with van der Waals surface area (Å²) in [6.07, 6.45) is 9.07. The van der Waals surface area contributed by atoms with Crippen molar-refractivity contribution in [3.63, 3.8) is 0 Å². The van der Waals surface area contributed by atoms with Gasteiger partial charge in [0, 0.05) is 19.3 Å². The van der Waals surface area contributed by atoms with Crippen LogP contribution in [0.1, 0.15) is 136 Å². The Morgan fingerprint density at radius 3 is 0.680 bits per heavy atom. The van der Waals surface area contributed by atoms with Crippen LogP contribution in [0.2, 0.25) is 0 Å². The fourth-order valence-electron chi connectivity index (χ4n) is 3.58. The summed E-state index contributed by atoms with van der Waals surface area (Å²) in [5.74, 6) is -2.01. The maximum atomic E-state index is 10.0. The van der Waals surface area contributed by atoms with Crippen molar-refractivity contribution >= 4 is 17.9 Å². The molecular weight excluding hydrogens is 664 g/mol. The van der Waals surface area contributed by atoms with Gasteiger partial charge in [0.1, 0.15) is 36.6 Å². The van der Waals surface area contributed by atoms with Gasteiger partial charge in [-0.1, -0.05) is 97.8 Å². The van der Waals surface area contributed by atoms with E-state index in [4.69, 9.17) is 66.4 Å². The zero-order valence-corrected chi connectivity index (χ0v) is 30.6. The quantitative estimate of drug-likeness (QED) is 0.0558. The van der Waals surface area contributed by atoms with E-state index in [2.05, 4.69) is 20.8 Å². The number of aliphatic hydroxyl groups excluding tert-OH is 10. The highest BCUT2D eigenvalue weighted by molar-refractivity contribution is 5.67. The first-order valence-electron chi connectivity index (χ1n) is 17.7. The normalized spacial score (nSPS) is 13.9. The molecule has 0 saturated heterocycles. The van der Waals surface area contributed by atoms with Gasteiger partial charge in [0.05, 0.1) is 26.4 Å². The maximum absolute atomic E-state index is 10.0. The summed E-state index contributed by atoms with van der Waals surface area (Å²) >= 11 is 0. The third kappa shape index (κ3) is 50.4. The molecule has 0 unspecified atom stereocenters. The fourth-order valence-corrected chi connectivity index (χ4v) is 3.58. The van der Waals surface area contributed by atoms with Crippen molar-refractivity contribution in [3.8, 4) is 0 Å². The number of carboxylic acid groups (broad SMARTS) is 3. The number of hydrogen-bond donors (Lipinski definition) is 13. The van der Waals surface area contributed by atoms with Crippen LogP contribution in [-0.4, -0.2) is 147 Å². The predicted molar refractivity (Wildman–Crippen MR) is 187 cm³/mol. The van der Waals surface area contributed by atoms with E-state index >= 15 is 0 Å². The topological polar surface area (TPSA) is 314 Å². The van der Waals surface area contributed by atoms with E-state index in [1.54, 1.807) is 0 Å². The summed E-state index contributed by atoms with van der Waals surface area (Å²) in [6, 6.07) is 0. The molecule has 0 amide bonds. The van der Waals surface area contributed by atoms with Crippen LogP contribution < -0.4 is 0 Å². The van der Waals surface area contributed by atoms with Crippen molar-refractivity contribution in [1.82, 2.24) is 0 Å². The summed E-state index contributed by atoms with van der Waals surface area (Å²) in [7, 11) is 0. The van der Waals surface area contributed by atoms with Crippen LogP contribution in [0, 0.1) is 0 Å². The van der Waals surface area contributed by atoms with Gasteiger partial charge in [-0.25, -0.2) is 0 Å². The highest BCUT2D eigenvalue weighted by Crippen LogP contribution is 2.06. The lowest BCUT2D eigenvalue weighted by Gasteiger charge is -2.19. The molecule has 0 rings (SSSR count). The Balaban J connectivity index is -0.000000169. The Morgan fingerprint density at radius 1 is 0.360 bits per heavy atom. The van der Waals surface area contributed by atoms with Crippen LogP contribution in [0.25, 0.3) is 0 Å². The molecule has 16 nitrogen and oxygen atoms in total. The van der Waals surface area contributed by atoms with Gasteiger partial charge in [0.2, 0.25) is 0 Å². The Bertz CT molecular complexity index is 614. The summed E-state index contributed by atoms with van der Waals surface area (Å²) < 4.78 is 0. The molecule has 0 aliphatic rings. The van der Waals surface area contributed by atoms with Crippen molar-refractivity contribution in [2.24, 2.45) is 0 Å². The molecule has 0 radical (unpaired) electrons. The molecule has 0 heterocycles. The third-order valence-electron chi connectivity index (χ3n) is 6.81. The standard InChI is InChI=1S/3C8H16O2.2C5H12O5/c3*1-2-3-4-5-6-7-8(9)10;2*6-1-3(8)5(10)4(9)2-7/h3*2-7H2,1H3,(H,9,10);2*3-10H,1-2H2/t;;;2*3-,4+,5+. The second-order valence-electron chi connectivity index (χ2n) is 11.7. The Labute approximate surface area is 298 Å². The molecule has 0 aromatic rings. The lowest BCUT2D eigenvalue weighted by atomic mass is 10.1. The molecule has 0 aromatic heterocycles. The van der Waals surface area contributed by atoms with Gasteiger partial charge in [-0.3, -0.25) is 14.4 Å². The summed E-state index contributed by atoms with van der Waals surface area (Å²) in [5, 5.41) is 110. The van der Waals surface area contributed by atoms with E-state index in [9.17, 15) is 14.4 Å². The number of unbranched alkanes of at least 4 members (excludes halogenated alkanes) is 12. The average Bonchev–Trinajstić information content (AvgIpc) is 3.10. The fraction of sp³-hybridized carbons (Fsp3) is 0.912. The lowest BCUT2D eigenvalue weighted by Crippen LogP contribution is -2.41. The summed E-state index contributed by atoms with van der Waals surface area (Å²) in [5.41, 5.74) is 0. The zero-order chi connectivity index (χ0) is 39.8. The van der Waals surface area contributed by atoms with Crippen molar-refractivity contribution < 1.29 is 80.8 Å². The maximum Gasteiger partial charge on any atom is 0.303 e. The van der Waals surface area contributed by atoms with E-state index < -0.39 is 81.0 Å². The van der Waals surface area contributed by atoms with Crippen LogP contribution in [0.5, 0.6) is 0 Å². The first-order chi connectivity index (χ1) is 23.6. The largest absolute Gasteiger partial charge is 0.481 e. The second kappa shape index (κ2) is 45.0. The molecule has 0 bridgehead atoms. The van der Waals surface area contributed by atoms with Crippen molar-refractivity contribution in [1.29, 1.82) is 0 Å². The lowest BCUT2D eigenvalue weighted by molar-refractivity contribution is -0.138. The third-order valence-corrected chi connectivity index (χ3v) is 6.81. The van der Waals surface area contributed by atoms with Crippen molar-refractivity contribution in [3.05, 3.63) is 0 Å². The number of aliphatic hydroxyl groups is 10. The van der Waals surface area contributed by atoms with E-state index in [0.717, 1.165) is 38.5 Å². The molecular formula is C34H72O16. The molecule has 0 aliphatic heterocycles. The van der Waals surface area contributed by atoms with Crippen LogP contribution in [0.3, 0.4) is 0 Å². The van der Waals surface area contributed by atoms with Gasteiger partial charge in [0.25, 0.3) is 0 Å². The van der Waals surface area contributed by atoms with Gasteiger partial charge in [0.15, 0.2) is 0 Å². The number of aliphatic carboxylic acids is 3. The Morgan fingerprint density at radius 2 is 0.540 bits per heavy atom. The SMILES string of the molecule is CCCCCCCC(=O)O.CCCCCCCC(=O)O.CCCCCCCC(=O)O.OC[C@@H](O)[C@H](O)[C@@H](O)CO.OC[C@@H](O)[C@H](O)[C@@H](O)CO. The molecule has 6 atom stereocenters. The smallest absolute Gasteiger partial charge is 0.303 e. The van der Waals surface area contributed by atoms with Crippen LogP contribution in [0.15, 0.2) is 0 Å².